The predicted octanol–water partition coefficient (Wildman–Crippen LogP) is 6.54. The topological polar surface area (TPSA) is 105 Å². The number of primary amides is 1. The molecule has 0 atom stereocenters. The lowest BCUT2D eigenvalue weighted by molar-refractivity contribution is -0.126. The maximum atomic E-state index is 14.2. The first kappa shape index (κ1) is 31.9. The quantitative estimate of drug-likeness (QED) is 0.159. The Labute approximate surface area is 269 Å². The number of piperidine rings is 1. The molecule has 1 aromatic heterocycles. The summed E-state index contributed by atoms with van der Waals surface area (Å²) in [5, 5.41) is 13.8. The fourth-order valence-corrected chi connectivity index (χ4v) is 6.95. The summed E-state index contributed by atoms with van der Waals surface area (Å²) in [7, 11) is 0. The molecule has 1 saturated heterocycles. The van der Waals surface area contributed by atoms with Crippen molar-refractivity contribution in [1.82, 2.24) is 10.2 Å². The highest BCUT2D eigenvalue weighted by molar-refractivity contribution is 7.18. The monoisotopic (exact) mass is 655 g/mol. The molecule has 11 heteroatoms. The molecule has 1 fully saturated rings. The molecular formula is C33H32Cl2FN3O4S. The number of aliphatic hydroxyl groups excluding tert-OH is 1. The molecule has 2 heterocycles. The summed E-state index contributed by atoms with van der Waals surface area (Å²) in [6.07, 6.45) is 1.00. The molecule has 1 aliphatic heterocycles. The Morgan fingerprint density at radius 1 is 1.02 bits per heavy atom. The van der Waals surface area contributed by atoms with Crippen LogP contribution in [0.15, 0.2) is 72.8 Å². The number of hydrogen-bond acceptors (Lipinski definition) is 6. The van der Waals surface area contributed by atoms with E-state index >= 15 is 0 Å². The highest BCUT2D eigenvalue weighted by Crippen LogP contribution is 2.50. The molecule has 5 rings (SSSR count). The summed E-state index contributed by atoms with van der Waals surface area (Å²) in [6, 6.07) is 20.7. The summed E-state index contributed by atoms with van der Waals surface area (Å²) >= 11 is 14.1. The molecule has 0 spiro atoms. The second-order valence-electron chi connectivity index (χ2n) is 10.6. The first-order chi connectivity index (χ1) is 21.2. The molecule has 1 aliphatic rings. The van der Waals surface area contributed by atoms with E-state index in [9.17, 15) is 19.1 Å². The number of halogens is 3. The van der Waals surface area contributed by atoms with Crippen LogP contribution in [0.5, 0.6) is 5.75 Å². The number of rotatable bonds is 11. The molecule has 230 valence electrons. The van der Waals surface area contributed by atoms with Crippen LogP contribution < -0.4 is 15.8 Å². The van der Waals surface area contributed by atoms with Gasteiger partial charge < -0.3 is 20.5 Å². The van der Waals surface area contributed by atoms with Crippen molar-refractivity contribution in [3.8, 4) is 27.3 Å². The normalized spacial score (nSPS) is 14.4. The zero-order chi connectivity index (χ0) is 31.3. The van der Waals surface area contributed by atoms with E-state index < -0.39 is 11.4 Å². The third-order valence-corrected chi connectivity index (χ3v) is 9.55. The molecule has 0 unspecified atom stereocenters. The number of nitrogens with one attached hydrogen (secondary N) is 1. The maximum absolute atomic E-state index is 14.2. The Morgan fingerprint density at radius 3 is 2.34 bits per heavy atom. The number of nitrogens with zero attached hydrogens (tertiary/aromatic N) is 1. The molecule has 44 heavy (non-hydrogen) atoms. The fourth-order valence-electron chi connectivity index (χ4n) is 5.27. The zero-order valence-electron chi connectivity index (χ0n) is 23.8. The van der Waals surface area contributed by atoms with Gasteiger partial charge in [-0.3, -0.25) is 14.9 Å². The first-order valence-electron chi connectivity index (χ1n) is 14.2. The molecule has 4 aromatic rings. The van der Waals surface area contributed by atoms with Crippen LogP contribution in [0.2, 0.25) is 10.0 Å². The molecule has 0 radical (unpaired) electrons. The second kappa shape index (κ2) is 14.1. The molecule has 0 saturated carbocycles. The Hall–Kier alpha value is -3.47. The van der Waals surface area contributed by atoms with Crippen LogP contribution in [0.1, 0.15) is 34.5 Å². The summed E-state index contributed by atoms with van der Waals surface area (Å²) < 4.78 is 19.6. The number of likely N-dealkylation sites (tertiary alicyclic amines) is 1. The van der Waals surface area contributed by atoms with Crippen molar-refractivity contribution in [1.29, 1.82) is 0 Å². The van der Waals surface area contributed by atoms with Gasteiger partial charge in [0.15, 0.2) is 5.75 Å². The van der Waals surface area contributed by atoms with E-state index in [0.29, 0.717) is 52.0 Å². The predicted molar refractivity (Wildman–Crippen MR) is 173 cm³/mol. The van der Waals surface area contributed by atoms with Crippen LogP contribution in [0.4, 0.5) is 4.39 Å². The zero-order valence-corrected chi connectivity index (χ0v) is 26.2. The van der Waals surface area contributed by atoms with E-state index in [1.54, 1.807) is 35.2 Å². The summed E-state index contributed by atoms with van der Waals surface area (Å²) in [4.78, 5) is 29.7. The van der Waals surface area contributed by atoms with Gasteiger partial charge in [0.25, 0.3) is 5.91 Å². The third kappa shape index (κ3) is 6.92. The van der Waals surface area contributed by atoms with Gasteiger partial charge in [-0.2, -0.15) is 0 Å². The minimum atomic E-state index is -1.02. The number of carbonyl (C=O) groups excluding carboxylic acids is 2. The number of nitrogens with two attached hydrogens (primary N) is 1. The van der Waals surface area contributed by atoms with Crippen LogP contribution in [0.3, 0.4) is 0 Å². The van der Waals surface area contributed by atoms with Crippen molar-refractivity contribution in [2.24, 2.45) is 5.73 Å². The molecule has 0 bridgehead atoms. The van der Waals surface area contributed by atoms with Gasteiger partial charge in [0.1, 0.15) is 16.2 Å². The van der Waals surface area contributed by atoms with Gasteiger partial charge >= 0.3 is 0 Å². The van der Waals surface area contributed by atoms with Crippen LogP contribution >= 0.6 is 34.5 Å². The molecule has 0 aliphatic carbocycles. The van der Waals surface area contributed by atoms with E-state index in [4.69, 9.17) is 33.7 Å². The van der Waals surface area contributed by atoms with E-state index in [1.807, 2.05) is 30.3 Å². The summed E-state index contributed by atoms with van der Waals surface area (Å²) in [6.45, 7) is 1.03. The highest BCUT2D eigenvalue weighted by atomic mass is 35.5. The average Bonchev–Trinajstić information content (AvgIpc) is 3.40. The summed E-state index contributed by atoms with van der Waals surface area (Å²) in [5.41, 5.74) is 7.94. The lowest BCUT2D eigenvalue weighted by Gasteiger charge is -2.40. The van der Waals surface area contributed by atoms with Crippen molar-refractivity contribution >= 4 is 46.4 Å². The SMILES string of the molecule is NC(=O)C1(NCc2ccc(F)cc2)CCN(C(=O)c2sc(-c3ccccc3Cl)c(-c3ccc(Cl)cc3)c2OCCCO)CC1. The molecule has 2 amide bonds. The third-order valence-electron chi connectivity index (χ3n) is 7.78. The van der Waals surface area contributed by atoms with Crippen molar-refractivity contribution in [3.05, 3.63) is 99.1 Å². The summed E-state index contributed by atoms with van der Waals surface area (Å²) in [5.74, 6) is -0.664. The second-order valence-corrected chi connectivity index (χ2v) is 12.5. The Balaban J connectivity index is 1.47. The van der Waals surface area contributed by atoms with Gasteiger partial charge in [0, 0.05) is 58.7 Å². The number of thiophene rings is 1. The number of hydrogen-bond donors (Lipinski definition) is 3. The van der Waals surface area contributed by atoms with Gasteiger partial charge in [-0.25, -0.2) is 4.39 Å². The number of amides is 2. The standard InChI is InChI=1S/C33H32Cl2FN3O4S/c34-23-10-8-22(9-11-23)27-28(43-19-3-18-40)30(44-29(27)25-4-1-2-5-26(25)35)31(41)39-16-14-33(15-17-39,32(37)42)38-20-21-6-12-24(36)13-7-21/h1-2,4-13,38,40H,3,14-20H2,(H2,37,42). The minimum Gasteiger partial charge on any atom is -0.491 e. The minimum absolute atomic E-state index is 0.0622. The highest BCUT2D eigenvalue weighted by Gasteiger charge is 2.41. The molecular weight excluding hydrogens is 624 g/mol. The van der Waals surface area contributed by atoms with E-state index in [2.05, 4.69) is 5.32 Å². The Kier molecular flexibility index (Phi) is 10.2. The Morgan fingerprint density at radius 2 is 1.70 bits per heavy atom. The van der Waals surface area contributed by atoms with Crippen molar-refractivity contribution in [2.45, 2.75) is 31.3 Å². The number of benzene rings is 3. The molecule has 4 N–H and O–H groups in total. The van der Waals surface area contributed by atoms with Gasteiger partial charge in [-0.15, -0.1) is 11.3 Å². The van der Waals surface area contributed by atoms with Gasteiger partial charge in [0.05, 0.1) is 6.61 Å². The van der Waals surface area contributed by atoms with E-state index in [0.717, 1.165) is 21.6 Å². The lowest BCUT2D eigenvalue weighted by Crippen LogP contribution is -2.61. The van der Waals surface area contributed by atoms with Gasteiger partial charge in [0.2, 0.25) is 5.91 Å². The molecule has 3 aromatic carbocycles. The van der Waals surface area contributed by atoms with Crippen LogP contribution in [-0.2, 0) is 11.3 Å². The number of aliphatic hydroxyl groups is 1. The smallest absolute Gasteiger partial charge is 0.267 e. The molecule has 7 nitrogen and oxygen atoms in total. The van der Waals surface area contributed by atoms with Crippen molar-refractivity contribution in [2.75, 3.05) is 26.3 Å². The number of carbonyl (C=O) groups is 2. The van der Waals surface area contributed by atoms with Crippen LogP contribution in [0.25, 0.3) is 21.6 Å². The average molecular weight is 657 g/mol. The van der Waals surface area contributed by atoms with E-state index in [-0.39, 0.29) is 38.0 Å². The maximum Gasteiger partial charge on any atom is 0.267 e. The van der Waals surface area contributed by atoms with E-state index in [1.165, 1.54) is 23.5 Å². The first-order valence-corrected chi connectivity index (χ1v) is 15.8. The van der Waals surface area contributed by atoms with Crippen molar-refractivity contribution < 1.29 is 23.8 Å². The number of ether oxygens (including phenoxy) is 1. The van der Waals surface area contributed by atoms with Gasteiger partial charge in [-0.1, -0.05) is 65.7 Å². The van der Waals surface area contributed by atoms with Crippen molar-refractivity contribution in [3.63, 3.8) is 0 Å². The Bertz CT molecular complexity index is 1620. The van der Waals surface area contributed by atoms with Crippen LogP contribution in [-0.4, -0.2) is 53.7 Å². The largest absolute Gasteiger partial charge is 0.491 e. The fraction of sp³-hybridized carbons (Fsp3) is 0.273. The van der Waals surface area contributed by atoms with Crippen LogP contribution in [0, 0.1) is 5.82 Å². The van der Waals surface area contributed by atoms with Gasteiger partial charge in [-0.05, 0) is 54.3 Å². The lowest BCUT2D eigenvalue weighted by atomic mass is 9.86.